The van der Waals surface area contributed by atoms with E-state index in [2.05, 4.69) is 0 Å². The van der Waals surface area contributed by atoms with Gasteiger partial charge in [-0.3, -0.25) is 0 Å². The molecule has 0 amide bonds. The Hall–Kier alpha value is -0.950. The van der Waals surface area contributed by atoms with E-state index < -0.39 is 5.97 Å². The molecule has 5 nitrogen and oxygen atoms in total. The molecule has 1 aromatic heterocycles. The highest BCUT2D eigenvalue weighted by Crippen LogP contribution is 2.22. The molecule has 0 bridgehead atoms. The molecule has 0 aliphatic rings. The van der Waals surface area contributed by atoms with Crippen molar-refractivity contribution in [3.63, 3.8) is 0 Å². The Kier molecular flexibility index (Phi) is 7.66. The van der Waals surface area contributed by atoms with E-state index in [-0.39, 0.29) is 0 Å². The number of carboxylic acids is 1. The Morgan fingerprint density at radius 2 is 2.00 bits per heavy atom. The van der Waals surface area contributed by atoms with E-state index in [4.69, 9.17) is 19.3 Å². The van der Waals surface area contributed by atoms with Crippen LogP contribution < -0.4 is 0 Å². The van der Waals surface area contributed by atoms with Crippen molar-refractivity contribution < 1.29 is 24.1 Å². The second kappa shape index (κ2) is 9.03. The number of carboxylic acid groups (broad SMARTS) is 1. The van der Waals surface area contributed by atoms with Gasteiger partial charge in [0.2, 0.25) is 0 Å². The topological polar surface area (TPSA) is 65.0 Å². The fourth-order valence-corrected chi connectivity index (χ4v) is 2.34. The molecule has 0 radical (unpaired) electrons. The third kappa shape index (κ3) is 6.15. The maximum absolute atomic E-state index is 10.8. The monoisotopic (exact) mass is 288 g/mol. The van der Waals surface area contributed by atoms with Crippen molar-refractivity contribution >= 4 is 17.3 Å². The molecular formula is C13H20O5S. The molecule has 19 heavy (non-hydrogen) atoms. The summed E-state index contributed by atoms with van der Waals surface area (Å²) in [7, 11) is 1.66. The second-order valence-corrected chi connectivity index (χ2v) is 5.26. The summed E-state index contributed by atoms with van der Waals surface area (Å²) >= 11 is 1.28. The lowest BCUT2D eigenvalue weighted by Gasteiger charge is -2.05. The van der Waals surface area contributed by atoms with Crippen LogP contribution in [0.15, 0.2) is 6.07 Å². The summed E-state index contributed by atoms with van der Waals surface area (Å²) in [6, 6.07) is 1.67. The molecule has 1 heterocycles. The summed E-state index contributed by atoms with van der Waals surface area (Å²) in [5.74, 6) is -0.888. The number of aromatic carboxylic acids is 1. The molecule has 0 fully saturated rings. The van der Waals surface area contributed by atoms with Gasteiger partial charge in [-0.1, -0.05) is 0 Å². The molecule has 0 aliphatic carbocycles. The molecule has 0 spiro atoms. The summed E-state index contributed by atoms with van der Waals surface area (Å²) in [4.78, 5) is 12.1. The summed E-state index contributed by atoms with van der Waals surface area (Å²) in [5.41, 5.74) is 0.932. The van der Waals surface area contributed by atoms with Gasteiger partial charge in [-0.15, -0.1) is 11.3 Å². The van der Waals surface area contributed by atoms with Gasteiger partial charge in [0.05, 0.1) is 19.8 Å². The third-order valence-electron chi connectivity index (χ3n) is 2.50. The van der Waals surface area contributed by atoms with Gasteiger partial charge in [-0.25, -0.2) is 4.79 Å². The molecule has 1 aromatic rings. The highest BCUT2D eigenvalue weighted by molar-refractivity contribution is 7.14. The minimum atomic E-state index is -0.888. The van der Waals surface area contributed by atoms with Crippen molar-refractivity contribution in [2.75, 3.05) is 33.5 Å². The molecule has 0 unspecified atom stereocenters. The first-order valence-electron chi connectivity index (χ1n) is 6.12. The Morgan fingerprint density at radius 1 is 1.26 bits per heavy atom. The lowest BCUT2D eigenvalue weighted by molar-refractivity contribution is 0.0336. The van der Waals surface area contributed by atoms with Gasteiger partial charge >= 0.3 is 5.97 Å². The molecule has 1 N–H and O–H groups in total. The molecule has 1 rings (SSSR count). The Balaban J connectivity index is 2.14. The van der Waals surface area contributed by atoms with Gasteiger partial charge in [-0.05, 0) is 25.0 Å². The SMILES string of the molecule is COCCCOCCOCc1cc(C(=O)O)sc1C. The largest absolute Gasteiger partial charge is 0.477 e. The van der Waals surface area contributed by atoms with Crippen LogP contribution in [-0.4, -0.2) is 44.6 Å². The molecule has 6 heteroatoms. The number of aryl methyl sites for hydroxylation is 1. The van der Waals surface area contributed by atoms with Gasteiger partial charge in [-0.2, -0.15) is 0 Å². The summed E-state index contributed by atoms with van der Waals surface area (Å²) < 4.78 is 15.7. The molecule has 0 saturated carbocycles. The first kappa shape index (κ1) is 16.1. The summed E-state index contributed by atoms with van der Waals surface area (Å²) in [5, 5.41) is 8.87. The van der Waals surface area contributed by atoms with E-state index in [1.807, 2.05) is 6.92 Å². The van der Waals surface area contributed by atoms with E-state index in [1.165, 1.54) is 11.3 Å². The average Bonchev–Trinajstić information content (AvgIpc) is 2.74. The minimum absolute atomic E-state index is 0.354. The molecule has 108 valence electrons. The van der Waals surface area contributed by atoms with Crippen LogP contribution in [0.1, 0.15) is 26.5 Å². The molecule has 0 saturated heterocycles. The smallest absolute Gasteiger partial charge is 0.345 e. The fourth-order valence-electron chi connectivity index (χ4n) is 1.48. The van der Waals surface area contributed by atoms with Gasteiger partial charge in [0.1, 0.15) is 4.88 Å². The first-order valence-corrected chi connectivity index (χ1v) is 6.94. The Labute approximate surface area is 117 Å². The van der Waals surface area contributed by atoms with Gasteiger partial charge in [0.25, 0.3) is 0 Å². The van der Waals surface area contributed by atoms with Crippen LogP contribution in [0.4, 0.5) is 0 Å². The average molecular weight is 288 g/mol. The Morgan fingerprint density at radius 3 is 2.63 bits per heavy atom. The van der Waals surface area contributed by atoms with Crippen molar-refractivity contribution in [1.82, 2.24) is 0 Å². The van der Waals surface area contributed by atoms with Gasteiger partial charge in [0, 0.05) is 25.2 Å². The number of methoxy groups -OCH3 is 1. The highest BCUT2D eigenvalue weighted by Gasteiger charge is 2.10. The molecule has 0 aromatic carbocycles. The van der Waals surface area contributed by atoms with Crippen molar-refractivity contribution in [2.24, 2.45) is 0 Å². The number of hydrogen-bond acceptors (Lipinski definition) is 5. The zero-order chi connectivity index (χ0) is 14.1. The van der Waals surface area contributed by atoms with E-state index >= 15 is 0 Å². The van der Waals surface area contributed by atoms with Crippen molar-refractivity contribution in [2.45, 2.75) is 20.0 Å². The zero-order valence-corrected chi connectivity index (χ0v) is 12.1. The van der Waals surface area contributed by atoms with Crippen LogP contribution in [0.5, 0.6) is 0 Å². The predicted octanol–water partition coefficient (Wildman–Crippen LogP) is 2.32. The van der Waals surface area contributed by atoms with Crippen LogP contribution in [0.2, 0.25) is 0 Å². The maximum Gasteiger partial charge on any atom is 0.345 e. The van der Waals surface area contributed by atoms with Crippen LogP contribution in [0, 0.1) is 6.92 Å². The van der Waals surface area contributed by atoms with Crippen LogP contribution in [0.25, 0.3) is 0 Å². The lowest BCUT2D eigenvalue weighted by Crippen LogP contribution is -2.06. The maximum atomic E-state index is 10.8. The lowest BCUT2D eigenvalue weighted by atomic mass is 10.2. The second-order valence-electron chi connectivity index (χ2n) is 4.01. The van der Waals surface area contributed by atoms with Gasteiger partial charge in [0.15, 0.2) is 0 Å². The van der Waals surface area contributed by atoms with Crippen LogP contribution in [0.3, 0.4) is 0 Å². The van der Waals surface area contributed by atoms with E-state index in [9.17, 15) is 4.79 Å². The van der Waals surface area contributed by atoms with Crippen LogP contribution in [-0.2, 0) is 20.8 Å². The Bertz CT molecular complexity index is 388. The standard InChI is InChI=1S/C13H20O5S/c1-10-11(8-12(19-10)13(14)15)9-18-7-6-17-5-3-4-16-2/h8H,3-7,9H2,1-2H3,(H,14,15). The van der Waals surface area contributed by atoms with Crippen molar-refractivity contribution in [3.8, 4) is 0 Å². The summed E-state index contributed by atoms with van der Waals surface area (Å²) in [6.07, 6.45) is 0.877. The highest BCUT2D eigenvalue weighted by atomic mass is 32.1. The fraction of sp³-hybridized carbons (Fsp3) is 0.615. The third-order valence-corrected chi connectivity index (χ3v) is 3.58. The van der Waals surface area contributed by atoms with Crippen molar-refractivity contribution in [1.29, 1.82) is 0 Å². The molecule has 0 atom stereocenters. The normalized spacial score (nSPS) is 10.8. The van der Waals surface area contributed by atoms with Crippen LogP contribution >= 0.6 is 11.3 Å². The number of carbonyl (C=O) groups is 1. The van der Waals surface area contributed by atoms with E-state index in [0.717, 1.165) is 16.9 Å². The number of rotatable bonds is 10. The van der Waals surface area contributed by atoms with E-state index in [0.29, 0.717) is 37.9 Å². The first-order chi connectivity index (χ1) is 9.15. The molecule has 0 aliphatic heterocycles. The zero-order valence-electron chi connectivity index (χ0n) is 11.3. The molecular weight excluding hydrogens is 268 g/mol. The number of hydrogen-bond donors (Lipinski definition) is 1. The minimum Gasteiger partial charge on any atom is -0.477 e. The number of ether oxygens (including phenoxy) is 3. The summed E-state index contributed by atoms with van der Waals surface area (Å²) in [6.45, 7) is 4.74. The quantitative estimate of drug-likeness (QED) is 0.669. The van der Waals surface area contributed by atoms with Gasteiger partial charge < -0.3 is 19.3 Å². The van der Waals surface area contributed by atoms with E-state index in [1.54, 1.807) is 13.2 Å². The van der Waals surface area contributed by atoms with Crippen molar-refractivity contribution in [3.05, 3.63) is 21.4 Å². The number of thiophene rings is 1. The predicted molar refractivity (Wildman–Crippen MR) is 73.0 cm³/mol.